The fourth-order valence-corrected chi connectivity index (χ4v) is 2.16. The molecule has 0 aliphatic heterocycles. The summed E-state index contributed by atoms with van der Waals surface area (Å²) in [4.78, 5) is 0. The van der Waals surface area contributed by atoms with E-state index in [-0.39, 0.29) is 5.60 Å². The fraction of sp³-hybridized carbons (Fsp3) is 0.727. The Hall–Kier alpha value is -0.390. The third kappa shape index (κ3) is 3.06. The smallest absolute Gasteiger partial charge is 0.0995 e. The van der Waals surface area contributed by atoms with Crippen LogP contribution in [-0.2, 0) is 11.3 Å². The predicted molar refractivity (Wildman–Crippen MR) is 66.3 cm³/mol. The van der Waals surface area contributed by atoms with Crippen LogP contribution in [0.1, 0.15) is 39.0 Å². The summed E-state index contributed by atoms with van der Waals surface area (Å²) in [6.07, 6.45) is 1.67. The Morgan fingerprint density at radius 1 is 1.62 bits per heavy atom. The number of aryl methyl sites for hydroxylation is 1. The zero-order valence-corrected chi connectivity index (χ0v) is 11.8. The lowest BCUT2D eigenvalue weighted by Crippen LogP contribution is -2.26. The predicted octanol–water partition coefficient (Wildman–Crippen LogP) is 2.51. The number of nitrogens with zero attached hydrogens (tertiary/aromatic N) is 2. The maximum absolute atomic E-state index is 10.2. The Morgan fingerprint density at radius 3 is 2.75 bits per heavy atom. The molecule has 0 saturated heterocycles. The van der Waals surface area contributed by atoms with E-state index in [9.17, 15) is 5.11 Å². The number of aromatic nitrogens is 2. The number of aliphatic hydroxyl groups excluding tert-OH is 1. The molecule has 1 heterocycles. The topological polar surface area (TPSA) is 47.3 Å². The summed E-state index contributed by atoms with van der Waals surface area (Å²) in [5, 5.41) is 14.4. The van der Waals surface area contributed by atoms with Gasteiger partial charge in [0.1, 0.15) is 0 Å². The minimum absolute atomic E-state index is 0.346. The average Bonchev–Trinajstić information content (AvgIpc) is 2.59. The van der Waals surface area contributed by atoms with Gasteiger partial charge in [-0.25, -0.2) is 0 Å². The van der Waals surface area contributed by atoms with Gasteiger partial charge in [-0.2, -0.15) is 5.10 Å². The van der Waals surface area contributed by atoms with E-state index in [1.807, 2.05) is 20.8 Å². The van der Waals surface area contributed by atoms with Crippen molar-refractivity contribution < 1.29 is 9.84 Å². The summed E-state index contributed by atoms with van der Waals surface area (Å²) in [6.45, 7) is 6.65. The first-order valence-electron chi connectivity index (χ1n) is 5.35. The molecule has 92 valence electrons. The second-order valence-corrected chi connectivity index (χ2v) is 5.23. The van der Waals surface area contributed by atoms with Crippen LogP contribution >= 0.6 is 15.9 Å². The summed E-state index contributed by atoms with van der Waals surface area (Å²) in [5.74, 6) is 0. The van der Waals surface area contributed by atoms with E-state index in [4.69, 9.17) is 4.74 Å². The van der Waals surface area contributed by atoms with Crippen LogP contribution in [0.15, 0.2) is 10.7 Å². The lowest BCUT2D eigenvalue weighted by Gasteiger charge is -2.26. The summed E-state index contributed by atoms with van der Waals surface area (Å²) in [5.41, 5.74) is 0.467. The number of hydrogen-bond acceptors (Lipinski definition) is 3. The van der Waals surface area contributed by atoms with Crippen molar-refractivity contribution in [1.82, 2.24) is 9.78 Å². The first kappa shape index (κ1) is 13.7. The van der Waals surface area contributed by atoms with Crippen LogP contribution in [0.3, 0.4) is 0 Å². The molecule has 0 spiro atoms. The van der Waals surface area contributed by atoms with Crippen molar-refractivity contribution in [1.29, 1.82) is 0 Å². The molecule has 0 aliphatic carbocycles. The van der Waals surface area contributed by atoms with E-state index in [1.165, 1.54) is 0 Å². The monoisotopic (exact) mass is 290 g/mol. The van der Waals surface area contributed by atoms with Crippen molar-refractivity contribution >= 4 is 15.9 Å². The van der Waals surface area contributed by atoms with E-state index in [1.54, 1.807) is 18.0 Å². The van der Waals surface area contributed by atoms with Gasteiger partial charge in [-0.05, 0) is 36.7 Å². The van der Waals surface area contributed by atoms with Crippen LogP contribution in [0.25, 0.3) is 0 Å². The third-order valence-corrected chi connectivity index (χ3v) is 3.30. The molecule has 0 saturated carbocycles. The van der Waals surface area contributed by atoms with Crippen LogP contribution in [0.5, 0.6) is 0 Å². The molecular weight excluding hydrogens is 272 g/mol. The van der Waals surface area contributed by atoms with Gasteiger partial charge in [0, 0.05) is 20.1 Å². The Kier molecular flexibility index (Phi) is 4.52. The molecule has 0 aromatic carbocycles. The molecule has 0 amide bonds. The molecule has 0 fully saturated rings. The largest absolute Gasteiger partial charge is 0.387 e. The van der Waals surface area contributed by atoms with Crippen molar-refractivity contribution in [2.75, 3.05) is 7.11 Å². The molecule has 1 unspecified atom stereocenters. The van der Waals surface area contributed by atoms with Gasteiger partial charge in [0.2, 0.25) is 0 Å². The third-order valence-electron chi connectivity index (χ3n) is 2.69. The molecule has 16 heavy (non-hydrogen) atoms. The van der Waals surface area contributed by atoms with Gasteiger partial charge in [-0.15, -0.1) is 0 Å². The summed E-state index contributed by atoms with van der Waals surface area (Å²) in [7, 11) is 1.65. The lowest BCUT2D eigenvalue weighted by atomic mass is 9.99. The number of halogens is 1. The van der Waals surface area contributed by atoms with Crippen LogP contribution < -0.4 is 0 Å². The molecule has 5 heteroatoms. The van der Waals surface area contributed by atoms with Crippen LogP contribution in [0.2, 0.25) is 0 Å². The molecule has 1 aromatic rings. The van der Waals surface area contributed by atoms with E-state index in [0.717, 1.165) is 16.7 Å². The Morgan fingerprint density at radius 2 is 2.25 bits per heavy atom. The maximum Gasteiger partial charge on any atom is 0.0995 e. The van der Waals surface area contributed by atoms with Crippen molar-refractivity contribution in [3.63, 3.8) is 0 Å². The lowest BCUT2D eigenvalue weighted by molar-refractivity contribution is -0.0221. The van der Waals surface area contributed by atoms with Crippen molar-refractivity contribution in [3.05, 3.63) is 16.4 Å². The van der Waals surface area contributed by atoms with E-state index in [0.29, 0.717) is 6.42 Å². The number of aliphatic hydroxyl groups is 1. The Bertz CT molecular complexity index is 350. The molecule has 4 nitrogen and oxygen atoms in total. The first-order valence-corrected chi connectivity index (χ1v) is 6.15. The zero-order chi connectivity index (χ0) is 12.3. The number of rotatable bonds is 5. The second kappa shape index (κ2) is 5.29. The number of hydrogen-bond donors (Lipinski definition) is 1. The molecular formula is C11H19BrN2O2. The van der Waals surface area contributed by atoms with Gasteiger partial charge in [0.25, 0.3) is 0 Å². The molecule has 1 N–H and O–H groups in total. The first-order chi connectivity index (χ1) is 7.41. The van der Waals surface area contributed by atoms with Crippen molar-refractivity contribution in [2.24, 2.45) is 0 Å². The fourth-order valence-electron chi connectivity index (χ4n) is 1.60. The van der Waals surface area contributed by atoms with E-state index in [2.05, 4.69) is 21.0 Å². The van der Waals surface area contributed by atoms with Gasteiger partial charge in [-0.1, -0.05) is 0 Å². The minimum Gasteiger partial charge on any atom is -0.387 e. The van der Waals surface area contributed by atoms with Gasteiger partial charge in [0.15, 0.2) is 0 Å². The summed E-state index contributed by atoms with van der Waals surface area (Å²) in [6, 6.07) is 0. The SMILES string of the molecule is CCn1ncc(Br)c1C(O)CC(C)(C)OC. The molecule has 0 radical (unpaired) electrons. The Labute approximate surface area is 105 Å². The van der Waals surface area contributed by atoms with E-state index >= 15 is 0 Å². The molecule has 0 bridgehead atoms. The standard InChI is InChI=1S/C11H19BrN2O2/c1-5-14-10(8(12)7-13-14)9(15)6-11(2,3)16-4/h7,9,15H,5-6H2,1-4H3. The number of methoxy groups -OCH3 is 1. The zero-order valence-electron chi connectivity index (χ0n) is 10.2. The quantitative estimate of drug-likeness (QED) is 0.906. The van der Waals surface area contributed by atoms with Gasteiger partial charge in [0.05, 0.1) is 28.1 Å². The highest BCUT2D eigenvalue weighted by Gasteiger charge is 2.26. The minimum atomic E-state index is -0.577. The molecule has 0 aliphatic rings. The van der Waals surface area contributed by atoms with Crippen molar-refractivity contribution in [3.8, 4) is 0 Å². The van der Waals surface area contributed by atoms with Crippen molar-refractivity contribution in [2.45, 2.75) is 45.4 Å². The van der Waals surface area contributed by atoms with Crippen LogP contribution in [0, 0.1) is 0 Å². The molecule has 1 atom stereocenters. The number of ether oxygens (including phenoxy) is 1. The van der Waals surface area contributed by atoms with Crippen LogP contribution in [0.4, 0.5) is 0 Å². The van der Waals surface area contributed by atoms with Gasteiger partial charge >= 0.3 is 0 Å². The van der Waals surface area contributed by atoms with Gasteiger partial charge in [-0.3, -0.25) is 4.68 Å². The van der Waals surface area contributed by atoms with E-state index < -0.39 is 6.10 Å². The molecule has 1 aromatic heterocycles. The normalized spacial score (nSPS) is 14.1. The maximum atomic E-state index is 10.2. The Balaban J connectivity index is 2.87. The summed E-state index contributed by atoms with van der Waals surface area (Å²) >= 11 is 3.40. The van der Waals surface area contributed by atoms with Crippen LogP contribution in [-0.4, -0.2) is 27.6 Å². The average molecular weight is 291 g/mol. The van der Waals surface area contributed by atoms with Gasteiger partial charge < -0.3 is 9.84 Å². The highest BCUT2D eigenvalue weighted by Crippen LogP contribution is 2.30. The molecule has 1 rings (SSSR count). The second-order valence-electron chi connectivity index (χ2n) is 4.38. The summed E-state index contributed by atoms with van der Waals surface area (Å²) < 4.78 is 7.95. The highest BCUT2D eigenvalue weighted by atomic mass is 79.9. The highest BCUT2D eigenvalue weighted by molar-refractivity contribution is 9.10.